The highest BCUT2D eigenvalue weighted by Gasteiger charge is 2.20. The second-order valence-corrected chi connectivity index (χ2v) is 5.91. The maximum Gasteiger partial charge on any atom is 0.242 e. The topological polar surface area (TPSA) is 92.9 Å². The molecule has 0 saturated carbocycles. The standard InChI is InChI=1S/C14H25N5O/c1-6-7-16-12(20)9(2)17-11-8-10(15)18-13(19-11)14(3,4)5/h8-9H,6-7H2,1-5H3,(H,16,20)(H3,15,17,18,19). The quantitative estimate of drug-likeness (QED) is 0.762. The van der Waals surface area contributed by atoms with Crippen LogP contribution in [0.3, 0.4) is 0 Å². The van der Waals surface area contributed by atoms with E-state index in [4.69, 9.17) is 5.73 Å². The number of nitrogens with two attached hydrogens (primary N) is 1. The molecular formula is C14H25N5O. The molecule has 0 radical (unpaired) electrons. The largest absolute Gasteiger partial charge is 0.384 e. The molecule has 6 nitrogen and oxygen atoms in total. The molecule has 1 heterocycles. The van der Waals surface area contributed by atoms with Crippen LogP contribution in [0, 0.1) is 0 Å². The molecule has 0 aromatic carbocycles. The Labute approximate surface area is 120 Å². The Hall–Kier alpha value is -1.85. The van der Waals surface area contributed by atoms with Crippen molar-refractivity contribution in [2.75, 3.05) is 17.6 Å². The zero-order chi connectivity index (χ0) is 15.3. The van der Waals surface area contributed by atoms with Crippen LogP contribution in [-0.2, 0) is 10.2 Å². The summed E-state index contributed by atoms with van der Waals surface area (Å²) in [4.78, 5) is 20.5. The first-order valence-corrected chi connectivity index (χ1v) is 6.93. The minimum atomic E-state index is -0.372. The zero-order valence-electron chi connectivity index (χ0n) is 12.9. The highest BCUT2D eigenvalue weighted by Crippen LogP contribution is 2.21. The lowest BCUT2D eigenvalue weighted by Gasteiger charge is -2.19. The summed E-state index contributed by atoms with van der Waals surface area (Å²) in [6, 6.07) is 1.27. The van der Waals surface area contributed by atoms with Gasteiger partial charge in [0.2, 0.25) is 5.91 Å². The van der Waals surface area contributed by atoms with E-state index < -0.39 is 0 Å². The van der Waals surface area contributed by atoms with Gasteiger partial charge in [0.15, 0.2) is 0 Å². The number of carbonyl (C=O) groups excluding carboxylic acids is 1. The predicted octanol–water partition coefficient (Wildman–Crippen LogP) is 1.68. The van der Waals surface area contributed by atoms with E-state index in [9.17, 15) is 4.79 Å². The maximum absolute atomic E-state index is 11.8. The third-order valence-corrected chi connectivity index (χ3v) is 2.72. The van der Waals surface area contributed by atoms with Gasteiger partial charge in [-0.05, 0) is 13.3 Å². The maximum atomic E-state index is 11.8. The molecule has 1 aromatic heterocycles. The van der Waals surface area contributed by atoms with Gasteiger partial charge in [0.1, 0.15) is 23.5 Å². The lowest BCUT2D eigenvalue weighted by atomic mass is 9.96. The second kappa shape index (κ2) is 6.54. The van der Waals surface area contributed by atoms with Crippen molar-refractivity contribution in [1.82, 2.24) is 15.3 Å². The van der Waals surface area contributed by atoms with Gasteiger partial charge in [-0.1, -0.05) is 27.7 Å². The first-order valence-electron chi connectivity index (χ1n) is 6.93. The van der Waals surface area contributed by atoms with E-state index >= 15 is 0 Å². The third-order valence-electron chi connectivity index (χ3n) is 2.72. The lowest BCUT2D eigenvalue weighted by Crippen LogP contribution is -2.38. The van der Waals surface area contributed by atoms with Crippen molar-refractivity contribution in [3.05, 3.63) is 11.9 Å². The molecular weight excluding hydrogens is 254 g/mol. The highest BCUT2D eigenvalue weighted by molar-refractivity contribution is 5.83. The number of aromatic nitrogens is 2. The number of nitrogen functional groups attached to an aromatic ring is 1. The fourth-order valence-corrected chi connectivity index (χ4v) is 1.56. The fourth-order valence-electron chi connectivity index (χ4n) is 1.56. The van der Waals surface area contributed by atoms with Crippen molar-refractivity contribution in [3.8, 4) is 0 Å². The Morgan fingerprint density at radius 3 is 2.60 bits per heavy atom. The molecule has 4 N–H and O–H groups in total. The van der Waals surface area contributed by atoms with E-state index in [1.807, 2.05) is 27.7 Å². The monoisotopic (exact) mass is 279 g/mol. The first-order chi connectivity index (χ1) is 9.24. The van der Waals surface area contributed by atoms with Crippen LogP contribution in [0.5, 0.6) is 0 Å². The Morgan fingerprint density at radius 2 is 2.05 bits per heavy atom. The Bertz CT molecular complexity index is 467. The predicted molar refractivity (Wildman–Crippen MR) is 81.5 cm³/mol. The molecule has 0 aliphatic carbocycles. The minimum Gasteiger partial charge on any atom is -0.384 e. The van der Waals surface area contributed by atoms with Gasteiger partial charge in [0, 0.05) is 18.0 Å². The Morgan fingerprint density at radius 1 is 1.40 bits per heavy atom. The zero-order valence-corrected chi connectivity index (χ0v) is 12.9. The summed E-state index contributed by atoms with van der Waals surface area (Å²) in [6.07, 6.45) is 0.910. The number of nitrogens with one attached hydrogen (secondary N) is 2. The SMILES string of the molecule is CCCNC(=O)C(C)Nc1cc(N)nc(C(C)(C)C)n1. The van der Waals surface area contributed by atoms with Crippen molar-refractivity contribution in [1.29, 1.82) is 0 Å². The summed E-state index contributed by atoms with van der Waals surface area (Å²) < 4.78 is 0. The molecule has 112 valence electrons. The van der Waals surface area contributed by atoms with Crippen molar-refractivity contribution in [2.45, 2.75) is 52.5 Å². The summed E-state index contributed by atoms with van der Waals surface area (Å²) in [5.74, 6) is 1.57. The molecule has 0 bridgehead atoms. The summed E-state index contributed by atoms with van der Waals surface area (Å²) in [6.45, 7) is 10.5. The van der Waals surface area contributed by atoms with Crippen molar-refractivity contribution < 1.29 is 4.79 Å². The van der Waals surface area contributed by atoms with Gasteiger partial charge < -0.3 is 16.4 Å². The molecule has 0 saturated heterocycles. The Balaban J connectivity index is 2.82. The summed E-state index contributed by atoms with van der Waals surface area (Å²) in [5, 5.41) is 5.90. The average molecular weight is 279 g/mol. The van der Waals surface area contributed by atoms with Gasteiger partial charge in [0.25, 0.3) is 0 Å². The fraction of sp³-hybridized carbons (Fsp3) is 0.643. The van der Waals surface area contributed by atoms with Gasteiger partial charge in [-0.2, -0.15) is 0 Å². The van der Waals surface area contributed by atoms with Crippen LogP contribution in [0.1, 0.15) is 46.9 Å². The third kappa shape index (κ3) is 4.68. The van der Waals surface area contributed by atoms with E-state index in [0.29, 0.717) is 24.0 Å². The van der Waals surface area contributed by atoms with Crippen molar-refractivity contribution in [2.24, 2.45) is 0 Å². The minimum absolute atomic E-state index is 0.0543. The molecule has 0 aliphatic heterocycles. The molecule has 1 aromatic rings. The molecule has 1 atom stereocenters. The number of rotatable bonds is 5. The molecule has 1 unspecified atom stereocenters. The second-order valence-electron chi connectivity index (χ2n) is 5.91. The van der Waals surface area contributed by atoms with Crippen LogP contribution in [0.2, 0.25) is 0 Å². The number of nitrogens with zero attached hydrogens (tertiary/aromatic N) is 2. The van der Waals surface area contributed by atoms with E-state index in [0.717, 1.165) is 6.42 Å². The number of carbonyl (C=O) groups is 1. The van der Waals surface area contributed by atoms with E-state index in [2.05, 4.69) is 20.6 Å². The average Bonchev–Trinajstić information content (AvgIpc) is 2.34. The number of hydrogen-bond acceptors (Lipinski definition) is 5. The normalized spacial score (nSPS) is 12.8. The highest BCUT2D eigenvalue weighted by atomic mass is 16.2. The van der Waals surface area contributed by atoms with Crippen LogP contribution >= 0.6 is 0 Å². The van der Waals surface area contributed by atoms with Crippen LogP contribution in [-0.4, -0.2) is 28.5 Å². The van der Waals surface area contributed by atoms with E-state index in [-0.39, 0.29) is 17.4 Å². The number of anilines is 2. The van der Waals surface area contributed by atoms with Crippen LogP contribution in [0.4, 0.5) is 11.6 Å². The van der Waals surface area contributed by atoms with Crippen molar-refractivity contribution >= 4 is 17.5 Å². The van der Waals surface area contributed by atoms with Crippen LogP contribution in [0.25, 0.3) is 0 Å². The summed E-state index contributed by atoms with van der Waals surface area (Å²) in [5.41, 5.74) is 5.60. The smallest absolute Gasteiger partial charge is 0.242 e. The molecule has 0 spiro atoms. The summed E-state index contributed by atoms with van der Waals surface area (Å²) in [7, 11) is 0. The van der Waals surface area contributed by atoms with Gasteiger partial charge >= 0.3 is 0 Å². The number of amides is 1. The molecule has 1 rings (SSSR count). The Kier molecular flexibility index (Phi) is 5.30. The van der Waals surface area contributed by atoms with Crippen molar-refractivity contribution in [3.63, 3.8) is 0 Å². The first kappa shape index (κ1) is 16.2. The molecule has 6 heteroatoms. The van der Waals surface area contributed by atoms with Gasteiger partial charge in [-0.15, -0.1) is 0 Å². The molecule has 0 aliphatic rings. The lowest BCUT2D eigenvalue weighted by molar-refractivity contribution is -0.121. The van der Waals surface area contributed by atoms with Crippen LogP contribution in [0.15, 0.2) is 6.07 Å². The van der Waals surface area contributed by atoms with E-state index in [1.165, 1.54) is 0 Å². The van der Waals surface area contributed by atoms with E-state index in [1.54, 1.807) is 13.0 Å². The van der Waals surface area contributed by atoms with Crippen LogP contribution < -0.4 is 16.4 Å². The van der Waals surface area contributed by atoms with Gasteiger partial charge in [-0.25, -0.2) is 9.97 Å². The molecule has 0 fully saturated rings. The summed E-state index contributed by atoms with van der Waals surface area (Å²) >= 11 is 0. The molecule has 20 heavy (non-hydrogen) atoms. The number of hydrogen-bond donors (Lipinski definition) is 3. The molecule has 1 amide bonds. The van der Waals surface area contributed by atoms with Gasteiger partial charge in [-0.3, -0.25) is 4.79 Å². The van der Waals surface area contributed by atoms with Gasteiger partial charge in [0.05, 0.1) is 0 Å².